The number of benzene rings is 1. The van der Waals surface area contributed by atoms with Gasteiger partial charge < -0.3 is 19.1 Å². The first kappa shape index (κ1) is 28.9. The number of methoxy groups -OCH3 is 1. The van der Waals surface area contributed by atoms with Gasteiger partial charge in [0.2, 0.25) is 5.88 Å². The average Bonchev–Trinajstić information content (AvgIpc) is 3.48. The quantitative estimate of drug-likeness (QED) is 0.282. The number of rotatable bonds is 9. The van der Waals surface area contributed by atoms with Crippen LogP contribution in [0.5, 0.6) is 11.6 Å². The Hall–Kier alpha value is -4.25. The summed E-state index contributed by atoms with van der Waals surface area (Å²) < 4.78 is 36.2. The van der Waals surface area contributed by atoms with Crippen LogP contribution >= 0.6 is 0 Å². The predicted octanol–water partition coefficient (Wildman–Crippen LogP) is 2.87. The zero-order valence-electron chi connectivity index (χ0n) is 24.1. The number of morpholine rings is 1. The molecular weight excluding hydrogens is 568 g/mol. The molecule has 43 heavy (non-hydrogen) atoms. The van der Waals surface area contributed by atoms with Crippen LogP contribution in [0.1, 0.15) is 11.1 Å². The monoisotopic (exact) mass is 602 g/mol. The molecule has 12 nitrogen and oxygen atoms in total. The van der Waals surface area contributed by atoms with Crippen LogP contribution in [0.25, 0.3) is 16.8 Å². The van der Waals surface area contributed by atoms with Gasteiger partial charge in [0.25, 0.3) is 0 Å². The third kappa shape index (κ3) is 6.72. The third-order valence-corrected chi connectivity index (χ3v) is 9.94. The molecule has 0 amide bonds. The van der Waals surface area contributed by atoms with Crippen molar-refractivity contribution in [3.8, 4) is 29.0 Å². The fraction of sp³-hybridized carbons (Fsp3) is 0.400. The molecule has 0 N–H and O–H groups in total. The lowest BCUT2D eigenvalue weighted by atomic mass is 10.1. The average molecular weight is 603 g/mol. The van der Waals surface area contributed by atoms with E-state index in [0.29, 0.717) is 60.4 Å². The topological polar surface area (TPSA) is 130 Å². The molecule has 4 aromatic rings. The van der Waals surface area contributed by atoms with Crippen LogP contribution in [-0.2, 0) is 21.0 Å². The van der Waals surface area contributed by atoms with Gasteiger partial charge in [0.1, 0.15) is 41.0 Å². The van der Waals surface area contributed by atoms with E-state index in [4.69, 9.17) is 24.2 Å². The first-order chi connectivity index (χ1) is 21.0. The maximum Gasteiger partial charge on any atom is 0.233 e. The van der Waals surface area contributed by atoms with Crippen molar-refractivity contribution >= 4 is 21.1 Å². The lowest BCUT2D eigenvalue weighted by Gasteiger charge is -2.29. The second-order valence-electron chi connectivity index (χ2n) is 10.4. The maximum atomic E-state index is 13.4. The van der Waals surface area contributed by atoms with Gasteiger partial charge in [-0.15, -0.1) is 0 Å². The molecular formula is C30H34N8O4S. The SMILES string of the molecule is COc1ccc(CN=S2(=O)CCN(c3ccc(-c4nc(OCCN5CCOCC5)cn5ncc(C#N)c45)cn3)CC2)cc1. The second kappa shape index (κ2) is 12.9. The van der Waals surface area contributed by atoms with Gasteiger partial charge in [-0.2, -0.15) is 10.4 Å². The minimum Gasteiger partial charge on any atom is -0.497 e. The van der Waals surface area contributed by atoms with Crippen LogP contribution in [0, 0.1) is 11.3 Å². The Morgan fingerprint density at radius 2 is 1.86 bits per heavy atom. The highest BCUT2D eigenvalue weighted by Gasteiger charge is 2.22. The minimum atomic E-state index is -2.29. The minimum absolute atomic E-state index is 0.423. The van der Waals surface area contributed by atoms with E-state index >= 15 is 0 Å². The zero-order valence-corrected chi connectivity index (χ0v) is 24.9. The van der Waals surface area contributed by atoms with Crippen molar-refractivity contribution in [3.05, 3.63) is 66.1 Å². The van der Waals surface area contributed by atoms with E-state index in [-0.39, 0.29) is 0 Å². The number of nitrogens with zero attached hydrogens (tertiary/aromatic N) is 8. The van der Waals surface area contributed by atoms with Crippen LogP contribution in [0.4, 0.5) is 5.82 Å². The van der Waals surface area contributed by atoms with Gasteiger partial charge in [-0.05, 0) is 29.8 Å². The van der Waals surface area contributed by atoms with Gasteiger partial charge in [-0.25, -0.2) is 23.1 Å². The largest absolute Gasteiger partial charge is 0.497 e. The summed E-state index contributed by atoms with van der Waals surface area (Å²) in [7, 11) is -0.657. The molecule has 0 aliphatic carbocycles. The number of nitriles is 1. The lowest BCUT2D eigenvalue weighted by molar-refractivity contribution is 0.0320. The third-order valence-electron chi connectivity index (χ3n) is 7.70. The highest BCUT2D eigenvalue weighted by atomic mass is 32.2. The highest BCUT2D eigenvalue weighted by molar-refractivity contribution is 7.93. The Bertz CT molecular complexity index is 1710. The summed E-state index contributed by atoms with van der Waals surface area (Å²) in [5.41, 5.74) is 3.37. The first-order valence-electron chi connectivity index (χ1n) is 14.3. The fourth-order valence-electron chi connectivity index (χ4n) is 5.16. The summed E-state index contributed by atoms with van der Waals surface area (Å²) in [6.07, 6.45) is 4.99. The molecule has 0 unspecified atom stereocenters. The Balaban J connectivity index is 1.14. The lowest BCUT2D eigenvalue weighted by Crippen LogP contribution is -2.40. The van der Waals surface area contributed by atoms with E-state index in [1.165, 1.54) is 6.20 Å². The number of anilines is 1. The van der Waals surface area contributed by atoms with Crippen molar-refractivity contribution in [2.24, 2.45) is 4.36 Å². The number of hydrogen-bond acceptors (Lipinski definition) is 11. The summed E-state index contributed by atoms with van der Waals surface area (Å²) in [5, 5.41) is 14.1. The Kier molecular flexibility index (Phi) is 8.69. The molecule has 2 aliphatic rings. The Labute approximate surface area is 251 Å². The molecule has 224 valence electrons. The number of hydrogen-bond donors (Lipinski definition) is 0. The molecule has 3 aromatic heterocycles. The number of aromatic nitrogens is 4. The summed E-state index contributed by atoms with van der Waals surface area (Å²) in [6.45, 7) is 6.12. The summed E-state index contributed by atoms with van der Waals surface area (Å²) >= 11 is 0. The van der Waals surface area contributed by atoms with E-state index in [9.17, 15) is 9.47 Å². The van der Waals surface area contributed by atoms with Crippen molar-refractivity contribution in [3.63, 3.8) is 0 Å². The first-order valence-corrected chi connectivity index (χ1v) is 16.1. The zero-order chi connectivity index (χ0) is 29.6. The molecule has 0 saturated carbocycles. The van der Waals surface area contributed by atoms with Gasteiger partial charge in [-0.1, -0.05) is 12.1 Å². The van der Waals surface area contributed by atoms with E-state index in [0.717, 1.165) is 55.5 Å². The molecule has 13 heteroatoms. The van der Waals surface area contributed by atoms with E-state index in [1.807, 2.05) is 36.4 Å². The van der Waals surface area contributed by atoms with Crippen molar-refractivity contribution in [1.82, 2.24) is 24.5 Å². The molecule has 5 heterocycles. The van der Waals surface area contributed by atoms with Gasteiger partial charge in [-0.3, -0.25) is 4.90 Å². The van der Waals surface area contributed by atoms with Crippen molar-refractivity contribution in [1.29, 1.82) is 5.26 Å². The number of ether oxygens (including phenoxy) is 3. The molecule has 2 fully saturated rings. The van der Waals surface area contributed by atoms with E-state index in [1.54, 1.807) is 24.0 Å². The Morgan fingerprint density at radius 1 is 1.07 bits per heavy atom. The normalized spacial score (nSPS) is 17.0. The van der Waals surface area contributed by atoms with Crippen molar-refractivity contribution < 1.29 is 18.4 Å². The van der Waals surface area contributed by atoms with Gasteiger partial charge >= 0.3 is 0 Å². The molecule has 1 aromatic carbocycles. The van der Waals surface area contributed by atoms with E-state index < -0.39 is 9.73 Å². The molecule has 0 radical (unpaired) electrons. The number of pyridine rings is 1. The summed E-state index contributed by atoms with van der Waals surface area (Å²) in [5.74, 6) is 2.98. The molecule has 0 spiro atoms. The van der Waals surface area contributed by atoms with Crippen LogP contribution < -0.4 is 14.4 Å². The standard InChI is InChI=1S/C30H34N8O4S/c1-40-26-5-2-23(3-6-26)19-34-43(39)16-11-37(12-17-43)27-7-4-24(20-32-27)29-30-25(18-31)21-33-38(30)22-28(35-29)42-15-10-36-8-13-41-14-9-36/h2-7,20-22H,8-17,19H2,1H3. The van der Waals surface area contributed by atoms with Crippen LogP contribution in [0.3, 0.4) is 0 Å². The fourth-order valence-corrected chi connectivity index (χ4v) is 7.02. The molecule has 2 saturated heterocycles. The van der Waals surface area contributed by atoms with Crippen LogP contribution in [0.2, 0.25) is 0 Å². The van der Waals surface area contributed by atoms with Crippen molar-refractivity contribution in [2.75, 3.05) is 76.1 Å². The molecule has 2 aliphatic heterocycles. The second-order valence-corrected chi connectivity index (χ2v) is 13.0. The Morgan fingerprint density at radius 3 is 2.56 bits per heavy atom. The number of fused-ring (bicyclic) bond motifs is 1. The van der Waals surface area contributed by atoms with Crippen LogP contribution in [-0.4, -0.2) is 99.9 Å². The highest BCUT2D eigenvalue weighted by Crippen LogP contribution is 2.28. The van der Waals surface area contributed by atoms with Crippen LogP contribution in [0.15, 0.2) is 59.4 Å². The summed E-state index contributed by atoms with van der Waals surface area (Å²) in [4.78, 5) is 13.9. The van der Waals surface area contributed by atoms with Crippen molar-refractivity contribution in [2.45, 2.75) is 6.54 Å². The van der Waals surface area contributed by atoms with Gasteiger partial charge in [0.05, 0.1) is 49.0 Å². The maximum absolute atomic E-state index is 13.4. The molecule has 0 atom stereocenters. The smallest absolute Gasteiger partial charge is 0.233 e. The molecule has 0 bridgehead atoms. The summed E-state index contributed by atoms with van der Waals surface area (Å²) in [6, 6.07) is 13.8. The van der Waals surface area contributed by atoms with E-state index in [2.05, 4.69) is 25.3 Å². The van der Waals surface area contributed by atoms with Gasteiger partial charge in [0.15, 0.2) is 0 Å². The molecule has 6 rings (SSSR count). The predicted molar refractivity (Wildman–Crippen MR) is 163 cm³/mol. The van der Waals surface area contributed by atoms with Gasteiger partial charge in [0, 0.05) is 56.0 Å².